The van der Waals surface area contributed by atoms with Gasteiger partial charge in [0.15, 0.2) is 0 Å². The Morgan fingerprint density at radius 2 is 2.33 bits per heavy atom. The van der Waals surface area contributed by atoms with E-state index in [0.29, 0.717) is 18.7 Å². The molecule has 0 fully saturated rings. The van der Waals surface area contributed by atoms with E-state index in [-0.39, 0.29) is 24.9 Å². The number of nitrogens with zero attached hydrogens (tertiary/aromatic N) is 3. The third-order valence-electron chi connectivity index (χ3n) is 2.29. The maximum atomic E-state index is 11.5. The first-order chi connectivity index (χ1) is 8.51. The van der Waals surface area contributed by atoms with Gasteiger partial charge in [0.05, 0.1) is 12.7 Å². The molecule has 8 heteroatoms. The lowest BCUT2D eigenvalue weighted by Crippen LogP contribution is -2.26. The van der Waals surface area contributed by atoms with Gasteiger partial charge in [0.25, 0.3) is 0 Å². The number of carbonyl (C=O) groups excluding carboxylic acids is 1. The molecule has 100 valence electrons. The lowest BCUT2D eigenvalue weighted by molar-refractivity contribution is -0.138. The molecule has 0 saturated heterocycles. The van der Waals surface area contributed by atoms with E-state index in [1.165, 1.54) is 10.9 Å². The maximum Gasteiger partial charge on any atom is 0.325 e. The predicted molar refractivity (Wildman–Crippen MR) is 62.3 cm³/mol. The third kappa shape index (κ3) is 4.91. The van der Waals surface area contributed by atoms with E-state index in [1.54, 1.807) is 0 Å². The number of aromatic nitrogens is 3. The summed E-state index contributed by atoms with van der Waals surface area (Å²) in [7, 11) is 0. The molecule has 0 bridgehead atoms. The summed E-state index contributed by atoms with van der Waals surface area (Å²) in [4.78, 5) is 21.9. The number of hydrogen-bond donors (Lipinski definition) is 3. The van der Waals surface area contributed by atoms with Gasteiger partial charge in [-0.1, -0.05) is 12.1 Å². The van der Waals surface area contributed by atoms with E-state index in [1.807, 2.05) is 6.92 Å². The zero-order valence-corrected chi connectivity index (χ0v) is 10.2. The summed E-state index contributed by atoms with van der Waals surface area (Å²) in [5, 5.41) is 18.6. The van der Waals surface area contributed by atoms with Crippen LogP contribution < -0.4 is 11.1 Å². The predicted octanol–water partition coefficient (Wildman–Crippen LogP) is -1.04. The summed E-state index contributed by atoms with van der Waals surface area (Å²) in [6.07, 6.45) is 1.85. The maximum absolute atomic E-state index is 11.5. The van der Waals surface area contributed by atoms with Crippen molar-refractivity contribution in [1.82, 2.24) is 20.3 Å². The Bertz CT molecular complexity index is 417. The van der Waals surface area contributed by atoms with Gasteiger partial charge in [-0.15, -0.1) is 5.10 Å². The molecule has 0 saturated carbocycles. The Morgan fingerprint density at radius 3 is 2.94 bits per heavy atom. The van der Waals surface area contributed by atoms with Crippen LogP contribution in [0, 0.1) is 5.92 Å². The van der Waals surface area contributed by atoms with Crippen molar-refractivity contribution >= 4 is 11.9 Å². The van der Waals surface area contributed by atoms with Crippen molar-refractivity contribution in [3.63, 3.8) is 0 Å². The Kier molecular flexibility index (Phi) is 5.25. The molecular formula is C10H17N5O3. The van der Waals surface area contributed by atoms with Crippen LogP contribution in [0.1, 0.15) is 19.0 Å². The number of amides is 1. The zero-order chi connectivity index (χ0) is 13.5. The molecule has 0 aliphatic rings. The molecule has 0 aromatic carbocycles. The Hall–Kier alpha value is -1.96. The van der Waals surface area contributed by atoms with Gasteiger partial charge in [-0.2, -0.15) is 0 Å². The number of nitrogens with one attached hydrogen (secondary N) is 1. The first kappa shape index (κ1) is 14.1. The normalized spacial score (nSPS) is 12.1. The van der Waals surface area contributed by atoms with Gasteiger partial charge in [-0.05, 0) is 12.5 Å². The lowest BCUT2D eigenvalue weighted by Gasteiger charge is -2.07. The summed E-state index contributed by atoms with van der Waals surface area (Å²) in [5.74, 6) is -0.972. The van der Waals surface area contributed by atoms with E-state index in [9.17, 15) is 9.59 Å². The molecule has 0 aliphatic heterocycles. The first-order valence-corrected chi connectivity index (χ1v) is 5.58. The van der Waals surface area contributed by atoms with Crippen LogP contribution in [0.5, 0.6) is 0 Å². The van der Waals surface area contributed by atoms with Crippen molar-refractivity contribution < 1.29 is 14.7 Å². The number of rotatable bonds is 7. The molecule has 8 nitrogen and oxygen atoms in total. The van der Waals surface area contributed by atoms with E-state index in [2.05, 4.69) is 15.6 Å². The molecule has 0 radical (unpaired) electrons. The van der Waals surface area contributed by atoms with Crippen molar-refractivity contribution in [1.29, 1.82) is 0 Å². The van der Waals surface area contributed by atoms with Gasteiger partial charge in [0.2, 0.25) is 5.91 Å². The molecule has 4 N–H and O–H groups in total. The highest BCUT2D eigenvalue weighted by atomic mass is 16.4. The average molecular weight is 255 g/mol. The van der Waals surface area contributed by atoms with E-state index >= 15 is 0 Å². The van der Waals surface area contributed by atoms with Crippen molar-refractivity contribution in [2.45, 2.75) is 26.4 Å². The molecule has 1 amide bonds. The van der Waals surface area contributed by atoms with Gasteiger partial charge >= 0.3 is 5.97 Å². The summed E-state index contributed by atoms with van der Waals surface area (Å²) >= 11 is 0. The molecule has 0 spiro atoms. The standard InChI is InChI=1S/C10H17N5O3/c1-7(3-11)2-9(16)12-4-8-5-15(14-13-8)6-10(17)18/h5,7H,2-4,6,11H2,1H3,(H,12,16)(H,17,18). The second-order valence-electron chi connectivity index (χ2n) is 4.12. The second kappa shape index (κ2) is 6.70. The van der Waals surface area contributed by atoms with Gasteiger partial charge in [-0.3, -0.25) is 9.59 Å². The molecule has 18 heavy (non-hydrogen) atoms. The fourth-order valence-electron chi connectivity index (χ4n) is 1.30. The van der Waals surface area contributed by atoms with Gasteiger partial charge in [-0.25, -0.2) is 4.68 Å². The van der Waals surface area contributed by atoms with Crippen LogP contribution in [0.4, 0.5) is 0 Å². The van der Waals surface area contributed by atoms with Gasteiger partial charge in [0.1, 0.15) is 12.2 Å². The Balaban J connectivity index is 2.37. The first-order valence-electron chi connectivity index (χ1n) is 5.58. The monoisotopic (exact) mass is 255 g/mol. The second-order valence-corrected chi connectivity index (χ2v) is 4.12. The topological polar surface area (TPSA) is 123 Å². The minimum atomic E-state index is -0.993. The SMILES string of the molecule is CC(CN)CC(=O)NCc1cn(CC(=O)O)nn1. The lowest BCUT2D eigenvalue weighted by atomic mass is 10.1. The highest BCUT2D eigenvalue weighted by Gasteiger charge is 2.09. The molecule has 1 aromatic rings. The highest BCUT2D eigenvalue weighted by molar-refractivity contribution is 5.76. The fraction of sp³-hybridized carbons (Fsp3) is 0.600. The number of carbonyl (C=O) groups is 2. The summed E-state index contributed by atoms with van der Waals surface area (Å²) in [5.41, 5.74) is 5.93. The number of carboxylic acids is 1. The van der Waals surface area contributed by atoms with E-state index < -0.39 is 5.97 Å². The summed E-state index contributed by atoms with van der Waals surface area (Å²) in [6.45, 7) is 2.34. The summed E-state index contributed by atoms with van der Waals surface area (Å²) in [6, 6.07) is 0. The minimum Gasteiger partial charge on any atom is -0.480 e. The number of carboxylic acid groups (broad SMARTS) is 1. The van der Waals surface area contributed by atoms with Crippen molar-refractivity contribution in [3.8, 4) is 0 Å². The smallest absolute Gasteiger partial charge is 0.325 e. The van der Waals surface area contributed by atoms with Crippen LogP contribution in [-0.2, 0) is 22.7 Å². The molecular weight excluding hydrogens is 238 g/mol. The average Bonchev–Trinajstić information content (AvgIpc) is 2.73. The molecule has 1 aromatic heterocycles. The van der Waals surface area contributed by atoms with E-state index in [4.69, 9.17) is 10.8 Å². The Morgan fingerprint density at radius 1 is 1.61 bits per heavy atom. The molecule has 1 atom stereocenters. The highest BCUT2D eigenvalue weighted by Crippen LogP contribution is 1.99. The van der Waals surface area contributed by atoms with Crippen molar-refractivity contribution in [2.75, 3.05) is 6.54 Å². The molecule has 1 unspecified atom stereocenters. The van der Waals surface area contributed by atoms with Crippen LogP contribution in [-0.4, -0.2) is 38.5 Å². The quantitative estimate of drug-likeness (QED) is 0.572. The number of hydrogen-bond acceptors (Lipinski definition) is 5. The van der Waals surface area contributed by atoms with Crippen LogP contribution in [0.3, 0.4) is 0 Å². The van der Waals surface area contributed by atoms with Crippen LogP contribution in [0.25, 0.3) is 0 Å². The van der Waals surface area contributed by atoms with E-state index in [0.717, 1.165) is 0 Å². The molecule has 0 aliphatic carbocycles. The largest absolute Gasteiger partial charge is 0.480 e. The fourth-order valence-corrected chi connectivity index (χ4v) is 1.30. The van der Waals surface area contributed by atoms with Crippen LogP contribution >= 0.6 is 0 Å². The molecule has 1 rings (SSSR count). The zero-order valence-electron chi connectivity index (χ0n) is 10.2. The van der Waals surface area contributed by atoms with Crippen molar-refractivity contribution in [3.05, 3.63) is 11.9 Å². The Labute approximate surface area is 104 Å². The van der Waals surface area contributed by atoms with Crippen molar-refractivity contribution in [2.24, 2.45) is 11.7 Å². The molecule has 1 heterocycles. The number of aliphatic carboxylic acids is 1. The van der Waals surface area contributed by atoms with Gasteiger partial charge in [0, 0.05) is 6.42 Å². The van der Waals surface area contributed by atoms with Crippen LogP contribution in [0.15, 0.2) is 6.20 Å². The third-order valence-corrected chi connectivity index (χ3v) is 2.29. The number of nitrogens with two attached hydrogens (primary N) is 1. The minimum absolute atomic E-state index is 0.110. The van der Waals surface area contributed by atoms with Gasteiger partial charge < -0.3 is 16.2 Å². The summed E-state index contributed by atoms with van der Waals surface area (Å²) < 4.78 is 1.20. The van der Waals surface area contributed by atoms with Crippen LogP contribution in [0.2, 0.25) is 0 Å².